The minimum atomic E-state index is 0.0320. The van der Waals surface area contributed by atoms with Gasteiger partial charge in [-0.1, -0.05) is 43.6 Å². The molecular weight excluding hydrogens is 239 g/mol. The molecule has 0 bridgehead atoms. The predicted molar refractivity (Wildman–Crippen MR) is 80.4 cm³/mol. The Bertz CT molecular complexity index is 569. The van der Waals surface area contributed by atoms with E-state index in [0.717, 1.165) is 22.5 Å². The van der Waals surface area contributed by atoms with Gasteiger partial charge in [-0.25, -0.2) is 0 Å². The summed E-state index contributed by atoms with van der Waals surface area (Å²) in [5.41, 5.74) is 2.99. The van der Waals surface area contributed by atoms with Gasteiger partial charge < -0.3 is 0 Å². The first kappa shape index (κ1) is 12.0. The summed E-state index contributed by atoms with van der Waals surface area (Å²) < 4.78 is 0. The van der Waals surface area contributed by atoms with Gasteiger partial charge in [-0.3, -0.25) is 0 Å². The lowest BCUT2D eigenvalue weighted by atomic mass is 9.84. The topological polar surface area (TPSA) is 24.7 Å². The van der Waals surface area contributed by atoms with Crippen molar-refractivity contribution in [1.82, 2.24) is 0 Å². The monoisotopic (exact) mass is 254 g/mol. The highest BCUT2D eigenvalue weighted by atomic mass is 32.1. The van der Waals surface area contributed by atoms with E-state index in [2.05, 4.69) is 42.7 Å². The van der Waals surface area contributed by atoms with Crippen molar-refractivity contribution in [2.45, 2.75) is 13.8 Å². The predicted octanol–water partition coefficient (Wildman–Crippen LogP) is 1.84. The molecule has 18 heavy (non-hydrogen) atoms. The second-order valence-electron chi connectivity index (χ2n) is 5.54. The lowest BCUT2D eigenvalue weighted by molar-refractivity contribution is 0.621. The number of thiol groups is 1. The van der Waals surface area contributed by atoms with E-state index in [0.29, 0.717) is 5.92 Å². The Balaban J connectivity index is 2.09. The highest BCUT2D eigenvalue weighted by Crippen LogP contribution is 2.70. The van der Waals surface area contributed by atoms with Gasteiger partial charge >= 0.3 is 0 Å². The standard InChI is InChI=1S/C14H15BN2S/c1-13-8-16-17-12(14(13,2)11(13)7-18)9-4-3-5-10(15)6-9/h3-6,8,11,18H,7H2,1-2H3. The molecular formula is C14H15BN2S. The Kier molecular flexibility index (Phi) is 2.50. The van der Waals surface area contributed by atoms with Crippen molar-refractivity contribution < 1.29 is 0 Å². The molecule has 2 aliphatic rings. The van der Waals surface area contributed by atoms with Gasteiger partial charge in [-0.2, -0.15) is 22.8 Å². The van der Waals surface area contributed by atoms with Gasteiger partial charge in [-0.15, -0.1) is 0 Å². The van der Waals surface area contributed by atoms with E-state index in [9.17, 15) is 0 Å². The zero-order valence-electron chi connectivity index (χ0n) is 10.6. The first-order chi connectivity index (χ1) is 8.54. The molecule has 2 radical (unpaired) electrons. The highest BCUT2D eigenvalue weighted by Gasteiger charge is 2.72. The molecule has 1 aliphatic heterocycles. The van der Waals surface area contributed by atoms with Crippen molar-refractivity contribution in [2.75, 3.05) is 5.75 Å². The zero-order valence-corrected chi connectivity index (χ0v) is 11.5. The van der Waals surface area contributed by atoms with Gasteiger partial charge in [-0.05, 0) is 17.2 Å². The van der Waals surface area contributed by atoms with E-state index in [-0.39, 0.29) is 10.8 Å². The summed E-state index contributed by atoms with van der Waals surface area (Å²) in [4.78, 5) is 0. The summed E-state index contributed by atoms with van der Waals surface area (Å²) >= 11 is 4.47. The van der Waals surface area contributed by atoms with Crippen molar-refractivity contribution >= 4 is 37.9 Å². The maximum absolute atomic E-state index is 5.86. The average Bonchev–Trinajstić information content (AvgIpc) is 2.85. The smallest absolute Gasteiger partial charge is 0.113 e. The molecule has 1 saturated carbocycles. The summed E-state index contributed by atoms with van der Waals surface area (Å²) in [7, 11) is 5.86. The van der Waals surface area contributed by atoms with Gasteiger partial charge in [0, 0.05) is 17.0 Å². The molecule has 3 rings (SSSR count). The van der Waals surface area contributed by atoms with Crippen LogP contribution in [-0.2, 0) is 0 Å². The molecule has 0 aromatic heterocycles. The number of rotatable bonds is 2. The molecule has 1 heterocycles. The molecule has 0 amide bonds. The van der Waals surface area contributed by atoms with Crippen LogP contribution in [-0.4, -0.2) is 25.5 Å². The third kappa shape index (κ3) is 1.33. The number of benzene rings is 1. The number of nitrogens with zero attached hydrogens (tertiary/aromatic N) is 2. The lowest BCUT2D eigenvalue weighted by Gasteiger charge is -2.20. The molecule has 0 spiro atoms. The van der Waals surface area contributed by atoms with Crippen LogP contribution in [0.4, 0.5) is 0 Å². The van der Waals surface area contributed by atoms with Gasteiger partial charge in [0.25, 0.3) is 0 Å². The molecule has 1 fully saturated rings. The minimum Gasteiger partial charge on any atom is -0.179 e. The summed E-state index contributed by atoms with van der Waals surface area (Å²) in [5.74, 6) is 1.33. The summed E-state index contributed by atoms with van der Waals surface area (Å²) in [6, 6.07) is 7.87. The molecule has 0 N–H and O–H groups in total. The van der Waals surface area contributed by atoms with Crippen molar-refractivity contribution in [2.24, 2.45) is 27.0 Å². The Hall–Kier alpha value is -1.03. The molecule has 1 aromatic carbocycles. The van der Waals surface area contributed by atoms with E-state index in [1.165, 1.54) is 0 Å². The molecule has 1 aliphatic carbocycles. The van der Waals surface area contributed by atoms with E-state index < -0.39 is 0 Å². The Morgan fingerprint density at radius 1 is 1.39 bits per heavy atom. The first-order valence-electron chi connectivity index (χ1n) is 6.13. The Morgan fingerprint density at radius 2 is 2.17 bits per heavy atom. The van der Waals surface area contributed by atoms with E-state index in [1.54, 1.807) is 0 Å². The molecule has 1 aromatic rings. The van der Waals surface area contributed by atoms with Crippen LogP contribution in [0, 0.1) is 16.7 Å². The maximum Gasteiger partial charge on any atom is 0.113 e. The normalized spacial score (nSPS) is 37.1. The van der Waals surface area contributed by atoms with Crippen molar-refractivity contribution in [3.05, 3.63) is 29.8 Å². The lowest BCUT2D eigenvalue weighted by Crippen LogP contribution is -2.25. The maximum atomic E-state index is 5.86. The molecule has 2 nitrogen and oxygen atoms in total. The fraction of sp³-hybridized carbons (Fsp3) is 0.429. The largest absolute Gasteiger partial charge is 0.179 e. The van der Waals surface area contributed by atoms with E-state index in [1.807, 2.05) is 24.4 Å². The highest BCUT2D eigenvalue weighted by molar-refractivity contribution is 7.80. The molecule has 4 heteroatoms. The number of hydrogen-bond donors (Lipinski definition) is 1. The third-order valence-corrected chi connectivity index (χ3v) is 5.14. The molecule has 3 unspecified atom stereocenters. The third-order valence-electron chi connectivity index (χ3n) is 4.77. The second-order valence-corrected chi connectivity index (χ2v) is 5.90. The first-order valence-corrected chi connectivity index (χ1v) is 6.76. The van der Waals surface area contributed by atoms with Crippen molar-refractivity contribution in [3.63, 3.8) is 0 Å². The fourth-order valence-electron chi connectivity index (χ4n) is 3.31. The van der Waals surface area contributed by atoms with Gasteiger partial charge in [0.1, 0.15) is 7.85 Å². The molecule has 3 atom stereocenters. The van der Waals surface area contributed by atoms with E-state index in [4.69, 9.17) is 7.85 Å². The van der Waals surface area contributed by atoms with Crippen molar-refractivity contribution in [3.8, 4) is 0 Å². The average molecular weight is 254 g/mol. The van der Waals surface area contributed by atoms with Crippen LogP contribution in [0.3, 0.4) is 0 Å². The summed E-state index contributed by atoms with van der Waals surface area (Å²) in [6.07, 6.45) is 1.98. The minimum absolute atomic E-state index is 0.0320. The number of hydrogen-bond acceptors (Lipinski definition) is 3. The zero-order chi connectivity index (χ0) is 13.0. The van der Waals surface area contributed by atoms with Gasteiger partial charge in [0.2, 0.25) is 0 Å². The quantitative estimate of drug-likeness (QED) is 0.615. The summed E-state index contributed by atoms with van der Waals surface area (Å²) in [6.45, 7) is 4.49. The van der Waals surface area contributed by atoms with Crippen LogP contribution in [0.1, 0.15) is 19.4 Å². The Labute approximate surface area is 114 Å². The van der Waals surface area contributed by atoms with Crippen LogP contribution < -0.4 is 5.46 Å². The number of fused-ring (bicyclic) bond motifs is 1. The molecule has 90 valence electrons. The van der Waals surface area contributed by atoms with Crippen LogP contribution in [0.2, 0.25) is 0 Å². The SMILES string of the molecule is [B]c1cccc(C2=NN=CC3(C)C(CS)C23C)c1. The van der Waals surface area contributed by atoms with E-state index >= 15 is 0 Å². The summed E-state index contributed by atoms with van der Waals surface area (Å²) in [5, 5.41) is 8.57. The van der Waals surface area contributed by atoms with Crippen LogP contribution in [0.5, 0.6) is 0 Å². The fourth-order valence-corrected chi connectivity index (χ4v) is 4.05. The molecule has 0 saturated heterocycles. The van der Waals surface area contributed by atoms with Crippen LogP contribution in [0.25, 0.3) is 0 Å². The van der Waals surface area contributed by atoms with Crippen LogP contribution >= 0.6 is 12.6 Å². The van der Waals surface area contributed by atoms with Crippen LogP contribution in [0.15, 0.2) is 34.5 Å². The van der Waals surface area contributed by atoms with Gasteiger partial charge in [0.05, 0.1) is 5.71 Å². The van der Waals surface area contributed by atoms with Crippen molar-refractivity contribution in [1.29, 1.82) is 0 Å². The second kappa shape index (κ2) is 3.73. The Morgan fingerprint density at radius 3 is 2.83 bits per heavy atom. The van der Waals surface area contributed by atoms with Gasteiger partial charge in [0.15, 0.2) is 0 Å².